The zero-order valence-electron chi connectivity index (χ0n) is 12.2. The van der Waals surface area contributed by atoms with Crippen LogP contribution >= 0.6 is 0 Å². The van der Waals surface area contributed by atoms with Gasteiger partial charge in [-0.05, 0) is 12.8 Å². The molecule has 0 spiro atoms. The van der Waals surface area contributed by atoms with Gasteiger partial charge in [0.2, 0.25) is 11.8 Å². The summed E-state index contributed by atoms with van der Waals surface area (Å²) in [7, 11) is 3.44. The van der Waals surface area contributed by atoms with Crippen LogP contribution in [0, 0.1) is 5.41 Å². The molecule has 0 saturated heterocycles. The van der Waals surface area contributed by atoms with Crippen LogP contribution in [0.15, 0.2) is 0 Å². The van der Waals surface area contributed by atoms with E-state index in [-0.39, 0.29) is 11.8 Å². The molecule has 0 aliphatic heterocycles. The van der Waals surface area contributed by atoms with Gasteiger partial charge in [0.05, 0.1) is 5.41 Å². The summed E-state index contributed by atoms with van der Waals surface area (Å²) in [5.74, 6) is 0.0615. The van der Waals surface area contributed by atoms with Crippen LogP contribution < -0.4 is 11.1 Å². The summed E-state index contributed by atoms with van der Waals surface area (Å²) in [6.07, 6.45) is 6.61. The van der Waals surface area contributed by atoms with Gasteiger partial charge in [0.1, 0.15) is 0 Å². The number of rotatable bonds is 5. The van der Waals surface area contributed by atoms with Gasteiger partial charge in [0.25, 0.3) is 0 Å². The Hall–Kier alpha value is -1.10. The highest BCUT2D eigenvalue weighted by molar-refractivity contribution is 5.83. The molecule has 1 rings (SSSR count). The number of amides is 2. The smallest absolute Gasteiger partial charge is 0.227 e. The van der Waals surface area contributed by atoms with Gasteiger partial charge in [-0.25, -0.2) is 0 Å². The molecule has 5 heteroatoms. The van der Waals surface area contributed by atoms with E-state index in [2.05, 4.69) is 5.32 Å². The van der Waals surface area contributed by atoms with Crippen molar-refractivity contribution in [1.29, 1.82) is 0 Å². The summed E-state index contributed by atoms with van der Waals surface area (Å²) in [4.78, 5) is 25.3. The molecule has 1 fully saturated rings. The summed E-state index contributed by atoms with van der Waals surface area (Å²) in [5, 5.41) is 2.89. The first-order valence-electron chi connectivity index (χ1n) is 7.20. The van der Waals surface area contributed by atoms with Crippen LogP contribution in [0.2, 0.25) is 0 Å². The monoisotopic (exact) mass is 269 g/mol. The molecule has 0 aromatic heterocycles. The third-order valence-electron chi connectivity index (χ3n) is 4.06. The van der Waals surface area contributed by atoms with Crippen molar-refractivity contribution in [3.8, 4) is 0 Å². The van der Waals surface area contributed by atoms with Crippen LogP contribution in [0.4, 0.5) is 0 Å². The third-order valence-corrected chi connectivity index (χ3v) is 4.06. The standard InChI is InChI=1S/C14H27N3O2/c1-17(2)12(18)7-10-16-13(19)14(11-15)8-5-3-4-6-9-14/h3-11,15H2,1-2H3,(H,16,19). The molecule has 0 atom stereocenters. The molecule has 0 bridgehead atoms. The van der Waals surface area contributed by atoms with E-state index in [0.29, 0.717) is 19.5 Å². The van der Waals surface area contributed by atoms with E-state index < -0.39 is 5.41 Å². The minimum Gasteiger partial charge on any atom is -0.355 e. The number of carbonyl (C=O) groups excluding carboxylic acids is 2. The van der Waals surface area contributed by atoms with Crippen LogP contribution in [-0.2, 0) is 9.59 Å². The lowest BCUT2D eigenvalue weighted by Crippen LogP contribution is -2.46. The van der Waals surface area contributed by atoms with Gasteiger partial charge in [-0.3, -0.25) is 9.59 Å². The fourth-order valence-corrected chi connectivity index (χ4v) is 2.62. The van der Waals surface area contributed by atoms with Gasteiger partial charge < -0.3 is 16.0 Å². The topological polar surface area (TPSA) is 75.4 Å². The van der Waals surface area contributed by atoms with Gasteiger partial charge in [-0.1, -0.05) is 25.7 Å². The predicted octanol–water partition coefficient (Wildman–Crippen LogP) is 0.880. The van der Waals surface area contributed by atoms with Crippen molar-refractivity contribution in [2.75, 3.05) is 27.2 Å². The molecule has 3 N–H and O–H groups in total. The summed E-state index contributed by atoms with van der Waals surface area (Å²) < 4.78 is 0. The van der Waals surface area contributed by atoms with E-state index in [1.54, 1.807) is 14.1 Å². The fourth-order valence-electron chi connectivity index (χ4n) is 2.62. The van der Waals surface area contributed by atoms with E-state index in [4.69, 9.17) is 5.73 Å². The number of hydrogen-bond acceptors (Lipinski definition) is 3. The second kappa shape index (κ2) is 7.48. The Morgan fingerprint density at radius 2 is 1.74 bits per heavy atom. The van der Waals surface area contributed by atoms with Crippen LogP contribution in [0.1, 0.15) is 44.9 Å². The van der Waals surface area contributed by atoms with Crippen LogP contribution in [0.25, 0.3) is 0 Å². The first-order chi connectivity index (χ1) is 9.02. The number of nitrogens with two attached hydrogens (primary N) is 1. The van der Waals surface area contributed by atoms with Crippen molar-refractivity contribution in [3.05, 3.63) is 0 Å². The normalized spacial score (nSPS) is 18.5. The van der Waals surface area contributed by atoms with Gasteiger partial charge in [0, 0.05) is 33.6 Å². The molecule has 19 heavy (non-hydrogen) atoms. The molecule has 110 valence electrons. The SMILES string of the molecule is CN(C)C(=O)CCNC(=O)C1(CN)CCCCCC1. The Bertz CT molecular complexity index is 308. The Morgan fingerprint density at radius 1 is 1.16 bits per heavy atom. The van der Waals surface area contributed by atoms with E-state index in [0.717, 1.165) is 25.7 Å². The van der Waals surface area contributed by atoms with Gasteiger partial charge in [-0.2, -0.15) is 0 Å². The minimum absolute atomic E-state index is 0.0305. The highest BCUT2D eigenvalue weighted by Crippen LogP contribution is 2.34. The van der Waals surface area contributed by atoms with E-state index >= 15 is 0 Å². The Balaban J connectivity index is 2.47. The Labute approximate surface area is 115 Å². The molecule has 1 aliphatic carbocycles. The summed E-state index contributed by atoms with van der Waals surface area (Å²) in [6, 6.07) is 0. The first kappa shape index (κ1) is 16.0. The highest BCUT2D eigenvalue weighted by Gasteiger charge is 2.36. The van der Waals surface area contributed by atoms with E-state index in [1.807, 2.05) is 0 Å². The average molecular weight is 269 g/mol. The quantitative estimate of drug-likeness (QED) is 0.728. The number of nitrogens with zero attached hydrogens (tertiary/aromatic N) is 1. The highest BCUT2D eigenvalue weighted by atomic mass is 16.2. The molecule has 5 nitrogen and oxygen atoms in total. The molecule has 0 unspecified atom stereocenters. The zero-order valence-corrected chi connectivity index (χ0v) is 12.2. The van der Waals surface area contributed by atoms with E-state index in [1.165, 1.54) is 17.7 Å². The van der Waals surface area contributed by atoms with E-state index in [9.17, 15) is 9.59 Å². The molecule has 1 aliphatic rings. The molecule has 0 aromatic carbocycles. The Morgan fingerprint density at radius 3 is 2.21 bits per heavy atom. The van der Waals surface area contributed by atoms with Crippen molar-refractivity contribution in [3.63, 3.8) is 0 Å². The molecular formula is C14H27N3O2. The van der Waals surface area contributed by atoms with Crippen LogP contribution in [0.3, 0.4) is 0 Å². The van der Waals surface area contributed by atoms with Gasteiger partial charge in [0.15, 0.2) is 0 Å². The molecular weight excluding hydrogens is 242 g/mol. The second-order valence-corrected chi connectivity index (χ2v) is 5.69. The predicted molar refractivity (Wildman–Crippen MR) is 75.5 cm³/mol. The van der Waals surface area contributed by atoms with Crippen molar-refractivity contribution in [1.82, 2.24) is 10.2 Å². The zero-order chi connectivity index (χ0) is 14.3. The summed E-state index contributed by atoms with van der Waals surface area (Å²) >= 11 is 0. The molecule has 0 heterocycles. The first-order valence-corrected chi connectivity index (χ1v) is 7.20. The van der Waals surface area contributed by atoms with Crippen LogP contribution in [-0.4, -0.2) is 43.9 Å². The lowest BCUT2D eigenvalue weighted by molar-refractivity contribution is -0.132. The number of carbonyl (C=O) groups is 2. The van der Waals surface area contributed by atoms with Crippen molar-refractivity contribution in [2.45, 2.75) is 44.9 Å². The molecule has 1 saturated carbocycles. The number of nitrogens with one attached hydrogen (secondary N) is 1. The average Bonchev–Trinajstić information content (AvgIpc) is 2.64. The lowest BCUT2D eigenvalue weighted by Gasteiger charge is -2.29. The second-order valence-electron chi connectivity index (χ2n) is 5.69. The van der Waals surface area contributed by atoms with Gasteiger partial charge >= 0.3 is 0 Å². The minimum atomic E-state index is -0.405. The van der Waals surface area contributed by atoms with Crippen molar-refractivity contribution >= 4 is 11.8 Å². The largest absolute Gasteiger partial charge is 0.355 e. The maximum absolute atomic E-state index is 12.3. The maximum atomic E-state index is 12.3. The molecule has 2 amide bonds. The van der Waals surface area contributed by atoms with Crippen LogP contribution in [0.5, 0.6) is 0 Å². The lowest BCUT2D eigenvalue weighted by atomic mass is 9.79. The van der Waals surface area contributed by atoms with Gasteiger partial charge in [-0.15, -0.1) is 0 Å². The fraction of sp³-hybridized carbons (Fsp3) is 0.857. The molecule has 0 radical (unpaired) electrons. The molecule has 0 aromatic rings. The Kier molecular flexibility index (Phi) is 6.28. The van der Waals surface area contributed by atoms with Crippen molar-refractivity contribution in [2.24, 2.45) is 11.1 Å². The number of hydrogen-bond donors (Lipinski definition) is 2. The summed E-state index contributed by atoms with van der Waals surface area (Å²) in [5.41, 5.74) is 5.45. The third kappa shape index (κ3) is 4.49. The van der Waals surface area contributed by atoms with Crippen molar-refractivity contribution < 1.29 is 9.59 Å². The summed E-state index contributed by atoms with van der Waals surface area (Å²) in [6.45, 7) is 0.804. The maximum Gasteiger partial charge on any atom is 0.227 e.